The third-order valence-corrected chi connectivity index (χ3v) is 3.49. The third kappa shape index (κ3) is 3.92. The number of H-pyrrole nitrogens is 1. The van der Waals surface area contributed by atoms with Gasteiger partial charge in [-0.3, -0.25) is 9.59 Å². The molecule has 1 fully saturated rings. The second kappa shape index (κ2) is 6.52. The number of nitrogens with one attached hydrogen (secondary N) is 3. The molecule has 2 heterocycles. The van der Waals surface area contributed by atoms with Gasteiger partial charge in [-0.2, -0.15) is 0 Å². The lowest BCUT2D eigenvalue weighted by molar-refractivity contribution is 0.0944. The summed E-state index contributed by atoms with van der Waals surface area (Å²) in [5.74, 6) is 0.330. The van der Waals surface area contributed by atoms with E-state index in [0.717, 1.165) is 31.6 Å². The molecule has 1 aromatic heterocycles. The first kappa shape index (κ1) is 13.8. The molecule has 1 aliphatic heterocycles. The van der Waals surface area contributed by atoms with E-state index in [1.165, 1.54) is 6.07 Å². The summed E-state index contributed by atoms with van der Waals surface area (Å²) in [5, 5.41) is 6.23. The predicted molar refractivity (Wildman–Crippen MR) is 74.4 cm³/mol. The van der Waals surface area contributed by atoms with Crippen molar-refractivity contribution in [3.8, 4) is 0 Å². The van der Waals surface area contributed by atoms with Crippen LogP contribution in [0.1, 0.15) is 35.8 Å². The molecule has 1 aromatic rings. The molecule has 0 saturated carbocycles. The highest BCUT2D eigenvalue weighted by Crippen LogP contribution is 2.08. The van der Waals surface area contributed by atoms with E-state index in [2.05, 4.69) is 15.6 Å². The van der Waals surface area contributed by atoms with E-state index in [-0.39, 0.29) is 11.5 Å². The Morgan fingerprint density at radius 1 is 1.47 bits per heavy atom. The zero-order valence-corrected chi connectivity index (χ0v) is 11.3. The Kier molecular flexibility index (Phi) is 4.74. The molecule has 1 amide bonds. The number of aromatic nitrogens is 1. The minimum Gasteiger partial charge on any atom is -0.352 e. The Morgan fingerprint density at radius 2 is 2.32 bits per heavy atom. The largest absolute Gasteiger partial charge is 0.352 e. The SMILES string of the molecule is CCc1cc(C(=O)NCC2CCCNC2)cc(=O)[nH]1. The molecule has 0 aliphatic carbocycles. The van der Waals surface area contributed by atoms with E-state index in [4.69, 9.17) is 0 Å². The van der Waals surface area contributed by atoms with Gasteiger partial charge in [0.2, 0.25) is 5.56 Å². The van der Waals surface area contributed by atoms with Crippen molar-refractivity contribution in [3.63, 3.8) is 0 Å². The molecule has 19 heavy (non-hydrogen) atoms. The number of piperidine rings is 1. The lowest BCUT2D eigenvalue weighted by Crippen LogP contribution is -2.38. The molecule has 0 radical (unpaired) electrons. The van der Waals surface area contributed by atoms with Crippen LogP contribution in [0.15, 0.2) is 16.9 Å². The molecule has 0 bridgehead atoms. The second-order valence-corrected chi connectivity index (χ2v) is 5.03. The fourth-order valence-electron chi connectivity index (χ4n) is 2.36. The first-order chi connectivity index (χ1) is 9.19. The monoisotopic (exact) mass is 263 g/mol. The standard InChI is InChI=1S/C14H21N3O2/c1-2-12-6-11(7-13(18)17-12)14(19)16-9-10-4-3-5-15-8-10/h6-7,10,15H,2-5,8-9H2,1H3,(H,16,19)(H,17,18). The molecular weight excluding hydrogens is 242 g/mol. The second-order valence-electron chi connectivity index (χ2n) is 5.03. The van der Waals surface area contributed by atoms with Gasteiger partial charge in [-0.15, -0.1) is 0 Å². The number of amides is 1. The van der Waals surface area contributed by atoms with Crippen molar-refractivity contribution < 1.29 is 4.79 Å². The Balaban J connectivity index is 1.95. The van der Waals surface area contributed by atoms with Crippen molar-refractivity contribution in [2.24, 2.45) is 5.92 Å². The van der Waals surface area contributed by atoms with E-state index < -0.39 is 0 Å². The Bertz CT molecular complexity index is 490. The van der Waals surface area contributed by atoms with Gasteiger partial charge in [-0.05, 0) is 44.3 Å². The number of aryl methyl sites for hydroxylation is 1. The van der Waals surface area contributed by atoms with Crippen LogP contribution >= 0.6 is 0 Å². The minimum atomic E-state index is -0.219. The summed E-state index contributed by atoms with van der Waals surface area (Å²) in [4.78, 5) is 26.2. The van der Waals surface area contributed by atoms with Crippen molar-refractivity contribution in [1.29, 1.82) is 0 Å². The molecule has 0 aromatic carbocycles. The summed E-state index contributed by atoms with van der Waals surface area (Å²) in [6.07, 6.45) is 3.01. The fraction of sp³-hybridized carbons (Fsp3) is 0.571. The molecule has 1 saturated heterocycles. The molecule has 2 rings (SSSR count). The maximum atomic E-state index is 12.0. The van der Waals surface area contributed by atoms with Gasteiger partial charge in [0.25, 0.3) is 5.91 Å². The highest BCUT2D eigenvalue weighted by atomic mass is 16.2. The normalized spacial score (nSPS) is 19.1. The molecule has 0 spiro atoms. The van der Waals surface area contributed by atoms with Crippen LogP contribution in [-0.2, 0) is 6.42 Å². The number of pyridine rings is 1. The lowest BCUT2D eigenvalue weighted by Gasteiger charge is -2.22. The van der Waals surface area contributed by atoms with Crippen LogP contribution < -0.4 is 16.2 Å². The maximum absolute atomic E-state index is 12.0. The zero-order valence-electron chi connectivity index (χ0n) is 11.3. The van der Waals surface area contributed by atoms with Gasteiger partial charge in [0.1, 0.15) is 0 Å². The molecule has 1 aliphatic rings. The van der Waals surface area contributed by atoms with Crippen LogP contribution in [0.25, 0.3) is 0 Å². The topological polar surface area (TPSA) is 74.0 Å². The van der Waals surface area contributed by atoms with E-state index in [1.54, 1.807) is 6.07 Å². The Hall–Kier alpha value is -1.62. The zero-order chi connectivity index (χ0) is 13.7. The van der Waals surface area contributed by atoms with Gasteiger partial charge >= 0.3 is 0 Å². The summed E-state index contributed by atoms with van der Waals surface area (Å²) >= 11 is 0. The molecular formula is C14H21N3O2. The number of carbonyl (C=O) groups is 1. The molecule has 5 heteroatoms. The van der Waals surface area contributed by atoms with Crippen molar-refractivity contribution in [2.75, 3.05) is 19.6 Å². The molecule has 1 atom stereocenters. The van der Waals surface area contributed by atoms with Crippen molar-refractivity contribution >= 4 is 5.91 Å². The number of hydrogen-bond acceptors (Lipinski definition) is 3. The van der Waals surface area contributed by atoms with E-state index in [9.17, 15) is 9.59 Å². The average molecular weight is 263 g/mol. The fourth-order valence-corrected chi connectivity index (χ4v) is 2.36. The van der Waals surface area contributed by atoms with Crippen LogP contribution in [-0.4, -0.2) is 30.5 Å². The summed E-state index contributed by atoms with van der Waals surface area (Å²) in [5.41, 5.74) is 1.02. The van der Waals surface area contributed by atoms with Crippen LogP contribution in [0.4, 0.5) is 0 Å². The van der Waals surface area contributed by atoms with Gasteiger partial charge < -0.3 is 15.6 Å². The van der Waals surface area contributed by atoms with Crippen molar-refractivity contribution in [1.82, 2.24) is 15.6 Å². The van der Waals surface area contributed by atoms with Crippen LogP contribution in [0, 0.1) is 5.92 Å². The molecule has 104 valence electrons. The molecule has 1 unspecified atom stereocenters. The van der Waals surface area contributed by atoms with Gasteiger partial charge in [0.05, 0.1) is 0 Å². The maximum Gasteiger partial charge on any atom is 0.251 e. The first-order valence-corrected chi connectivity index (χ1v) is 6.91. The first-order valence-electron chi connectivity index (χ1n) is 6.91. The van der Waals surface area contributed by atoms with E-state index in [1.807, 2.05) is 6.92 Å². The Morgan fingerprint density at radius 3 is 3.00 bits per heavy atom. The predicted octanol–water partition coefficient (Wildman–Crippen LogP) is 0.667. The molecule has 5 nitrogen and oxygen atoms in total. The van der Waals surface area contributed by atoms with Crippen LogP contribution in [0.2, 0.25) is 0 Å². The van der Waals surface area contributed by atoms with E-state index in [0.29, 0.717) is 24.4 Å². The summed E-state index contributed by atoms with van der Waals surface area (Å²) in [7, 11) is 0. The summed E-state index contributed by atoms with van der Waals surface area (Å²) in [6, 6.07) is 3.10. The lowest BCUT2D eigenvalue weighted by atomic mass is 9.99. The number of aromatic amines is 1. The van der Waals surface area contributed by atoms with Gasteiger partial charge in [0, 0.05) is 23.9 Å². The Labute approximate surface area is 112 Å². The smallest absolute Gasteiger partial charge is 0.251 e. The van der Waals surface area contributed by atoms with Gasteiger partial charge in [0.15, 0.2) is 0 Å². The highest BCUT2D eigenvalue weighted by molar-refractivity contribution is 5.94. The third-order valence-electron chi connectivity index (χ3n) is 3.49. The average Bonchev–Trinajstić information content (AvgIpc) is 2.45. The highest BCUT2D eigenvalue weighted by Gasteiger charge is 2.15. The summed E-state index contributed by atoms with van der Waals surface area (Å²) < 4.78 is 0. The van der Waals surface area contributed by atoms with Crippen LogP contribution in [0.5, 0.6) is 0 Å². The quantitative estimate of drug-likeness (QED) is 0.747. The van der Waals surface area contributed by atoms with E-state index >= 15 is 0 Å². The van der Waals surface area contributed by atoms with Crippen molar-refractivity contribution in [2.45, 2.75) is 26.2 Å². The minimum absolute atomic E-state index is 0.161. The van der Waals surface area contributed by atoms with Gasteiger partial charge in [-0.1, -0.05) is 6.92 Å². The molecule has 3 N–H and O–H groups in total. The van der Waals surface area contributed by atoms with Crippen LogP contribution in [0.3, 0.4) is 0 Å². The summed E-state index contributed by atoms with van der Waals surface area (Å²) in [6.45, 7) is 4.63. The van der Waals surface area contributed by atoms with Gasteiger partial charge in [-0.25, -0.2) is 0 Å². The van der Waals surface area contributed by atoms with Crippen molar-refractivity contribution in [3.05, 3.63) is 33.7 Å². The number of rotatable bonds is 4. The number of carbonyl (C=O) groups excluding carboxylic acids is 1. The number of hydrogen-bond donors (Lipinski definition) is 3.